The number of halogens is 1. The Hall–Kier alpha value is -1.58. The van der Waals surface area contributed by atoms with Gasteiger partial charge in [-0.15, -0.1) is 6.42 Å². The van der Waals surface area contributed by atoms with Crippen LogP contribution >= 0.6 is 0 Å². The summed E-state index contributed by atoms with van der Waals surface area (Å²) in [6.07, 6.45) is 5.21. The van der Waals surface area contributed by atoms with Gasteiger partial charge in [-0.1, -0.05) is 5.92 Å². The molecule has 0 saturated carbocycles. The predicted molar refractivity (Wildman–Crippen MR) is 68.8 cm³/mol. The van der Waals surface area contributed by atoms with E-state index in [1.807, 2.05) is 0 Å². The van der Waals surface area contributed by atoms with Crippen LogP contribution in [0.2, 0.25) is 0 Å². The second-order valence-corrected chi connectivity index (χ2v) is 6.15. The average molecular weight is 270 g/mol. The van der Waals surface area contributed by atoms with Gasteiger partial charge in [0.05, 0.1) is 10.4 Å². The number of anilines is 1. The summed E-state index contributed by atoms with van der Waals surface area (Å²) < 4.78 is 40.0. The zero-order valence-electron chi connectivity index (χ0n) is 10.4. The number of nitrogens with one attached hydrogen (secondary N) is 1. The Labute approximate surface area is 106 Å². The van der Waals surface area contributed by atoms with Crippen molar-refractivity contribution in [1.82, 2.24) is 4.72 Å². The quantitative estimate of drug-likeness (QED) is 0.644. The van der Waals surface area contributed by atoms with Gasteiger partial charge >= 0.3 is 0 Å². The van der Waals surface area contributed by atoms with Crippen molar-refractivity contribution >= 4 is 15.7 Å². The maximum atomic E-state index is 13.5. The highest BCUT2D eigenvalue weighted by Crippen LogP contribution is 2.22. The Morgan fingerprint density at radius 1 is 1.44 bits per heavy atom. The maximum Gasteiger partial charge on any atom is 0.242 e. The molecule has 0 aliphatic carbocycles. The number of rotatable bonds is 3. The lowest BCUT2D eigenvalue weighted by Gasteiger charge is -2.20. The normalized spacial score (nSPS) is 12.2. The second-order valence-electron chi connectivity index (χ2n) is 4.50. The van der Waals surface area contributed by atoms with Gasteiger partial charge in [-0.25, -0.2) is 12.8 Å². The molecule has 0 aromatic heterocycles. The number of terminal acetylenes is 1. The number of hydrogen-bond donors (Lipinski definition) is 2. The molecule has 0 amide bonds. The Morgan fingerprint density at radius 3 is 2.50 bits per heavy atom. The lowest BCUT2D eigenvalue weighted by Crippen LogP contribution is -2.42. The summed E-state index contributed by atoms with van der Waals surface area (Å²) in [4.78, 5) is -0.205. The minimum atomic E-state index is -3.92. The molecule has 0 heterocycles. The second kappa shape index (κ2) is 4.59. The first-order valence-electron chi connectivity index (χ1n) is 5.16. The van der Waals surface area contributed by atoms with Crippen molar-refractivity contribution in [3.63, 3.8) is 0 Å². The molecule has 6 heteroatoms. The molecule has 0 fully saturated rings. The Morgan fingerprint density at radius 2 is 2.00 bits per heavy atom. The molecule has 0 atom stereocenters. The van der Waals surface area contributed by atoms with E-state index in [1.165, 1.54) is 26.8 Å². The van der Waals surface area contributed by atoms with Gasteiger partial charge in [-0.2, -0.15) is 4.72 Å². The zero-order valence-corrected chi connectivity index (χ0v) is 11.2. The molecule has 1 aromatic carbocycles. The van der Waals surface area contributed by atoms with Crippen molar-refractivity contribution in [2.75, 3.05) is 5.73 Å². The zero-order chi connectivity index (χ0) is 14.1. The molecule has 98 valence electrons. The summed E-state index contributed by atoms with van der Waals surface area (Å²) in [5.74, 6) is 1.63. The molecule has 0 aliphatic rings. The number of benzene rings is 1. The first-order valence-corrected chi connectivity index (χ1v) is 6.65. The van der Waals surface area contributed by atoms with Crippen LogP contribution in [-0.4, -0.2) is 14.0 Å². The number of sulfonamides is 1. The molecule has 0 aliphatic heterocycles. The van der Waals surface area contributed by atoms with Crippen molar-refractivity contribution < 1.29 is 12.8 Å². The molecule has 0 spiro atoms. The van der Waals surface area contributed by atoms with E-state index in [0.29, 0.717) is 0 Å². The molecule has 1 rings (SSSR count). The lowest BCUT2D eigenvalue weighted by atomic mass is 10.1. The van der Waals surface area contributed by atoms with Gasteiger partial charge in [-0.3, -0.25) is 0 Å². The minimum absolute atomic E-state index is 0.00419. The minimum Gasteiger partial charge on any atom is -0.399 e. The van der Waals surface area contributed by atoms with Gasteiger partial charge in [0.1, 0.15) is 5.82 Å². The Bertz CT molecular complexity index is 616. The summed E-state index contributed by atoms with van der Waals surface area (Å²) in [6, 6.07) is 2.27. The highest BCUT2D eigenvalue weighted by atomic mass is 32.2. The number of nitrogen functional groups attached to an aromatic ring is 1. The van der Waals surface area contributed by atoms with Crippen molar-refractivity contribution in [2.24, 2.45) is 0 Å². The van der Waals surface area contributed by atoms with E-state index in [4.69, 9.17) is 12.2 Å². The van der Waals surface area contributed by atoms with E-state index in [9.17, 15) is 12.8 Å². The third-order valence-electron chi connectivity index (χ3n) is 2.36. The average Bonchev–Trinajstić information content (AvgIpc) is 2.21. The van der Waals surface area contributed by atoms with Crippen LogP contribution in [0.4, 0.5) is 10.1 Å². The molecule has 18 heavy (non-hydrogen) atoms. The summed E-state index contributed by atoms with van der Waals surface area (Å²) >= 11 is 0. The van der Waals surface area contributed by atoms with E-state index in [-0.39, 0.29) is 16.1 Å². The van der Waals surface area contributed by atoms with Crippen molar-refractivity contribution in [2.45, 2.75) is 31.2 Å². The molecule has 1 aromatic rings. The SMILES string of the molecule is C#CC(C)(C)NS(=O)(=O)c1cc(N)cc(F)c1C. The third-order valence-corrected chi connectivity index (χ3v) is 4.14. The first kappa shape index (κ1) is 14.5. The van der Waals surface area contributed by atoms with Gasteiger partial charge in [0.15, 0.2) is 0 Å². The van der Waals surface area contributed by atoms with Gasteiger partial charge in [0, 0.05) is 11.3 Å². The van der Waals surface area contributed by atoms with Crippen LogP contribution in [0, 0.1) is 25.1 Å². The summed E-state index contributed by atoms with van der Waals surface area (Å²) in [5, 5.41) is 0. The molecule has 4 nitrogen and oxygen atoms in total. The van der Waals surface area contributed by atoms with Gasteiger partial charge in [0.2, 0.25) is 10.0 Å². The number of hydrogen-bond acceptors (Lipinski definition) is 3. The van der Waals surface area contributed by atoms with E-state index in [2.05, 4.69) is 10.6 Å². The van der Waals surface area contributed by atoms with Gasteiger partial charge in [0.25, 0.3) is 0 Å². The summed E-state index contributed by atoms with van der Waals surface area (Å²) in [5.41, 5.74) is 4.43. The monoisotopic (exact) mass is 270 g/mol. The van der Waals surface area contributed by atoms with Crippen molar-refractivity contribution in [1.29, 1.82) is 0 Å². The topological polar surface area (TPSA) is 72.2 Å². The van der Waals surface area contributed by atoms with Crippen LogP contribution in [0.3, 0.4) is 0 Å². The smallest absolute Gasteiger partial charge is 0.242 e. The highest BCUT2D eigenvalue weighted by Gasteiger charge is 2.26. The van der Waals surface area contributed by atoms with Gasteiger partial charge in [-0.05, 0) is 32.9 Å². The first-order chi connectivity index (χ1) is 8.09. The summed E-state index contributed by atoms with van der Waals surface area (Å²) in [7, 11) is -3.92. The van der Waals surface area contributed by atoms with Crippen LogP contribution in [0.15, 0.2) is 17.0 Å². The molecule has 0 saturated heterocycles. The molecular weight excluding hydrogens is 255 g/mol. The van der Waals surface area contributed by atoms with Crippen LogP contribution in [0.1, 0.15) is 19.4 Å². The maximum absolute atomic E-state index is 13.5. The Kier molecular flexibility index (Phi) is 3.70. The molecular formula is C12H15FN2O2S. The number of nitrogens with two attached hydrogens (primary N) is 1. The largest absolute Gasteiger partial charge is 0.399 e. The third kappa shape index (κ3) is 3.00. The fourth-order valence-electron chi connectivity index (χ4n) is 1.37. The molecule has 0 unspecified atom stereocenters. The molecule has 0 bridgehead atoms. The van der Waals surface area contributed by atoms with Crippen LogP contribution in [-0.2, 0) is 10.0 Å². The fourth-order valence-corrected chi connectivity index (χ4v) is 3.01. The van der Waals surface area contributed by atoms with Crippen LogP contribution in [0.5, 0.6) is 0 Å². The lowest BCUT2D eigenvalue weighted by molar-refractivity contribution is 0.536. The van der Waals surface area contributed by atoms with E-state index < -0.39 is 21.4 Å². The summed E-state index contributed by atoms with van der Waals surface area (Å²) in [6.45, 7) is 4.43. The fraction of sp³-hybridized carbons (Fsp3) is 0.333. The van der Waals surface area contributed by atoms with Crippen molar-refractivity contribution in [3.05, 3.63) is 23.5 Å². The predicted octanol–water partition coefficient (Wildman–Crippen LogP) is 1.41. The molecule has 3 N–H and O–H groups in total. The van der Waals surface area contributed by atoms with E-state index >= 15 is 0 Å². The van der Waals surface area contributed by atoms with E-state index in [1.54, 1.807) is 0 Å². The molecule has 0 radical (unpaired) electrons. The standard InChI is InChI=1S/C12H15FN2O2S/c1-5-12(3,4)15-18(16,17)11-7-9(14)6-10(13)8(11)2/h1,6-7,15H,14H2,2-4H3. The van der Waals surface area contributed by atoms with Crippen molar-refractivity contribution in [3.8, 4) is 12.3 Å². The van der Waals surface area contributed by atoms with E-state index in [0.717, 1.165) is 6.07 Å². The van der Waals surface area contributed by atoms with Crippen LogP contribution < -0.4 is 10.5 Å². The highest BCUT2D eigenvalue weighted by molar-refractivity contribution is 7.89. The van der Waals surface area contributed by atoms with Gasteiger partial charge < -0.3 is 5.73 Å². The van der Waals surface area contributed by atoms with Crippen LogP contribution in [0.25, 0.3) is 0 Å². The Balaban J connectivity index is 3.35.